The highest BCUT2D eigenvalue weighted by Crippen LogP contribution is 2.17. The summed E-state index contributed by atoms with van der Waals surface area (Å²) in [6.07, 6.45) is 0.462. The summed E-state index contributed by atoms with van der Waals surface area (Å²) in [7, 11) is -3.50. The average Bonchev–Trinajstić information content (AvgIpc) is 2.62. The summed E-state index contributed by atoms with van der Waals surface area (Å²) in [5, 5.41) is 2.68. The Labute approximate surface area is 150 Å². The number of alkyl halides is 2. The molecule has 1 amide bonds. The third-order valence-electron chi connectivity index (χ3n) is 3.69. The van der Waals surface area contributed by atoms with Gasteiger partial charge in [-0.1, -0.05) is 31.2 Å². The molecule has 0 unspecified atom stereocenters. The molecular formula is C18H19F2NO4S. The molecule has 140 valence electrons. The molecule has 0 radical (unpaired) electrons. The molecule has 2 rings (SSSR count). The summed E-state index contributed by atoms with van der Waals surface area (Å²) in [5.41, 5.74) is 0.927. The minimum Gasteiger partial charge on any atom is -0.435 e. The second-order valence-corrected chi connectivity index (χ2v) is 7.67. The highest BCUT2D eigenvalue weighted by molar-refractivity contribution is 7.91. The van der Waals surface area contributed by atoms with E-state index in [4.69, 9.17) is 0 Å². The van der Waals surface area contributed by atoms with Crippen molar-refractivity contribution in [1.82, 2.24) is 5.32 Å². The van der Waals surface area contributed by atoms with Gasteiger partial charge in [-0.15, -0.1) is 0 Å². The maximum Gasteiger partial charge on any atom is 0.387 e. The Morgan fingerprint density at radius 3 is 2.38 bits per heavy atom. The summed E-state index contributed by atoms with van der Waals surface area (Å²) in [6.45, 7) is -1.08. The van der Waals surface area contributed by atoms with E-state index in [1.807, 2.05) is 0 Å². The lowest BCUT2D eigenvalue weighted by molar-refractivity contribution is -0.0498. The molecule has 0 aromatic heterocycles. The average molecular weight is 383 g/mol. The van der Waals surface area contributed by atoms with E-state index in [9.17, 15) is 22.0 Å². The molecule has 5 nitrogen and oxygen atoms in total. The van der Waals surface area contributed by atoms with Crippen LogP contribution in [0.3, 0.4) is 0 Å². The third kappa shape index (κ3) is 5.26. The first kappa shape index (κ1) is 19.8. The van der Waals surface area contributed by atoms with Gasteiger partial charge in [-0.3, -0.25) is 4.79 Å². The molecule has 0 fully saturated rings. The van der Waals surface area contributed by atoms with Gasteiger partial charge in [-0.05, 0) is 36.2 Å². The van der Waals surface area contributed by atoms with Crippen molar-refractivity contribution in [1.29, 1.82) is 0 Å². The van der Waals surface area contributed by atoms with E-state index >= 15 is 0 Å². The molecule has 0 aliphatic carbocycles. The van der Waals surface area contributed by atoms with Crippen molar-refractivity contribution < 1.29 is 26.7 Å². The number of halogens is 2. The molecule has 0 bridgehead atoms. The van der Waals surface area contributed by atoms with E-state index in [2.05, 4.69) is 10.1 Å². The summed E-state index contributed by atoms with van der Waals surface area (Å²) in [5.74, 6) is -0.508. The van der Waals surface area contributed by atoms with Crippen LogP contribution in [0, 0.1) is 0 Å². The lowest BCUT2D eigenvalue weighted by atomic mass is 10.1. The summed E-state index contributed by atoms with van der Waals surface area (Å²) < 4.78 is 52.6. The van der Waals surface area contributed by atoms with Gasteiger partial charge >= 0.3 is 6.61 Å². The van der Waals surface area contributed by atoms with Gasteiger partial charge in [0, 0.05) is 6.54 Å². The largest absolute Gasteiger partial charge is 0.435 e. The number of rotatable bonds is 8. The number of nitrogens with one attached hydrogen (secondary N) is 1. The fourth-order valence-corrected chi connectivity index (χ4v) is 3.43. The third-order valence-corrected chi connectivity index (χ3v) is 5.48. The highest BCUT2D eigenvalue weighted by atomic mass is 32.2. The lowest BCUT2D eigenvalue weighted by Gasteiger charge is -2.10. The summed E-state index contributed by atoms with van der Waals surface area (Å²) in [6, 6.07) is 12.1. The quantitative estimate of drug-likeness (QED) is 0.761. The van der Waals surface area contributed by atoms with Gasteiger partial charge < -0.3 is 10.1 Å². The Balaban J connectivity index is 1.98. The van der Waals surface area contributed by atoms with Crippen molar-refractivity contribution in [3.8, 4) is 5.75 Å². The predicted molar refractivity (Wildman–Crippen MR) is 93.3 cm³/mol. The highest BCUT2D eigenvalue weighted by Gasteiger charge is 2.20. The second-order valence-electron chi connectivity index (χ2n) is 5.43. The number of carbonyl (C=O) groups excluding carboxylic acids is 1. The van der Waals surface area contributed by atoms with Gasteiger partial charge in [-0.25, -0.2) is 8.42 Å². The Morgan fingerprint density at radius 2 is 1.77 bits per heavy atom. The fraction of sp³-hybridized carbons (Fsp3) is 0.278. The minimum atomic E-state index is -3.50. The van der Waals surface area contributed by atoms with Gasteiger partial charge in [0.1, 0.15) is 5.75 Å². The number of hydrogen-bond donors (Lipinski definition) is 1. The van der Waals surface area contributed by atoms with Crippen molar-refractivity contribution in [2.75, 3.05) is 12.3 Å². The molecule has 0 saturated carbocycles. The zero-order valence-electron chi connectivity index (χ0n) is 14.1. The van der Waals surface area contributed by atoms with E-state index in [0.29, 0.717) is 6.42 Å². The van der Waals surface area contributed by atoms with Crippen LogP contribution in [0.2, 0.25) is 0 Å². The van der Waals surface area contributed by atoms with Crippen LogP contribution in [0.25, 0.3) is 0 Å². The molecular weight excluding hydrogens is 364 g/mol. The normalized spacial score (nSPS) is 11.4. The van der Waals surface area contributed by atoms with Gasteiger partial charge in [0.15, 0.2) is 9.84 Å². The number of carbonyl (C=O) groups is 1. The molecule has 0 aliphatic heterocycles. The second kappa shape index (κ2) is 8.75. The Hall–Kier alpha value is -2.48. The van der Waals surface area contributed by atoms with Crippen LogP contribution in [-0.4, -0.2) is 33.2 Å². The zero-order chi connectivity index (χ0) is 19.2. The van der Waals surface area contributed by atoms with Gasteiger partial charge in [0.25, 0.3) is 5.91 Å². The van der Waals surface area contributed by atoms with Crippen LogP contribution >= 0.6 is 0 Å². The Bertz CT molecular complexity index is 852. The lowest BCUT2D eigenvalue weighted by Crippen LogP contribution is -2.27. The van der Waals surface area contributed by atoms with Crippen LogP contribution in [0.4, 0.5) is 8.78 Å². The Morgan fingerprint density at radius 1 is 1.12 bits per heavy atom. The number of amides is 1. The van der Waals surface area contributed by atoms with Crippen molar-refractivity contribution in [2.24, 2.45) is 0 Å². The fourth-order valence-electron chi connectivity index (χ4n) is 2.33. The van der Waals surface area contributed by atoms with Crippen LogP contribution < -0.4 is 10.1 Å². The van der Waals surface area contributed by atoms with E-state index < -0.39 is 22.4 Å². The summed E-state index contributed by atoms with van der Waals surface area (Å²) in [4.78, 5) is 12.3. The first-order valence-electron chi connectivity index (χ1n) is 7.97. The molecule has 26 heavy (non-hydrogen) atoms. The molecule has 0 saturated heterocycles. The van der Waals surface area contributed by atoms with Crippen LogP contribution in [0.1, 0.15) is 22.8 Å². The molecule has 1 N–H and O–H groups in total. The smallest absolute Gasteiger partial charge is 0.387 e. The monoisotopic (exact) mass is 383 g/mol. The predicted octanol–water partition coefficient (Wildman–Crippen LogP) is 3.05. The van der Waals surface area contributed by atoms with E-state index in [1.54, 1.807) is 24.3 Å². The maximum atomic E-state index is 12.3. The van der Waals surface area contributed by atoms with E-state index in [-0.39, 0.29) is 28.5 Å². The van der Waals surface area contributed by atoms with Crippen molar-refractivity contribution in [3.05, 3.63) is 59.7 Å². The molecule has 0 atom stereocenters. The number of sulfone groups is 1. The molecule has 2 aromatic rings. The number of benzene rings is 2. The molecule has 0 heterocycles. The maximum absolute atomic E-state index is 12.3. The SMILES string of the molecule is CCS(=O)(=O)c1ccccc1C(=O)NCCc1ccc(OC(F)F)cc1. The Kier molecular flexibility index (Phi) is 6.68. The van der Waals surface area contributed by atoms with Crippen LogP contribution in [-0.2, 0) is 16.3 Å². The van der Waals surface area contributed by atoms with Crippen molar-refractivity contribution in [3.63, 3.8) is 0 Å². The van der Waals surface area contributed by atoms with Gasteiger partial charge in [-0.2, -0.15) is 8.78 Å². The molecule has 0 aliphatic rings. The molecule has 0 spiro atoms. The van der Waals surface area contributed by atoms with Gasteiger partial charge in [0.05, 0.1) is 16.2 Å². The first-order valence-corrected chi connectivity index (χ1v) is 9.62. The first-order chi connectivity index (χ1) is 12.3. The van der Waals surface area contributed by atoms with E-state index in [1.165, 1.54) is 31.2 Å². The molecule has 2 aromatic carbocycles. The van der Waals surface area contributed by atoms with Crippen molar-refractivity contribution in [2.45, 2.75) is 24.9 Å². The van der Waals surface area contributed by atoms with Crippen LogP contribution in [0.15, 0.2) is 53.4 Å². The number of ether oxygens (including phenoxy) is 1. The van der Waals surface area contributed by atoms with Crippen molar-refractivity contribution >= 4 is 15.7 Å². The minimum absolute atomic E-state index is 0.00787. The van der Waals surface area contributed by atoms with Gasteiger partial charge in [0.2, 0.25) is 0 Å². The van der Waals surface area contributed by atoms with Crippen LogP contribution in [0.5, 0.6) is 5.75 Å². The summed E-state index contributed by atoms with van der Waals surface area (Å²) >= 11 is 0. The molecule has 8 heteroatoms. The zero-order valence-corrected chi connectivity index (χ0v) is 14.9. The van der Waals surface area contributed by atoms with E-state index in [0.717, 1.165) is 5.56 Å². The topological polar surface area (TPSA) is 72.5 Å². The number of hydrogen-bond acceptors (Lipinski definition) is 4. The standard InChI is InChI=1S/C18H19F2NO4S/c1-2-26(23,24)16-6-4-3-5-15(16)17(22)21-12-11-13-7-9-14(10-8-13)25-18(19)20/h3-10,18H,2,11-12H2,1H3,(H,21,22).